The number of benzene rings is 1. The summed E-state index contributed by atoms with van der Waals surface area (Å²) in [7, 11) is 1.52. The van der Waals surface area contributed by atoms with Gasteiger partial charge in [-0.1, -0.05) is 6.07 Å². The maximum Gasteiger partial charge on any atom is 0.369 e. The van der Waals surface area contributed by atoms with Crippen LogP contribution in [0.4, 0.5) is 4.79 Å². The molecule has 0 aromatic heterocycles. The number of carbonyl (C=O) groups is 1. The Morgan fingerprint density at radius 1 is 1.54 bits per heavy atom. The summed E-state index contributed by atoms with van der Waals surface area (Å²) in [5.41, 5.74) is 1.02. The normalized spacial score (nSPS) is 9.69. The van der Waals surface area contributed by atoms with Gasteiger partial charge >= 0.3 is 5.30 Å². The molecule has 13 heavy (non-hydrogen) atoms. The van der Waals surface area contributed by atoms with Crippen molar-refractivity contribution < 1.29 is 14.6 Å². The van der Waals surface area contributed by atoms with Gasteiger partial charge in [0.1, 0.15) is 5.75 Å². The molecule has 1 N–H and O–H groups in total. The fourth-order valence-electron chi connectivity index (χ4n) is 0.958. The van der Waals surface area contributed by atoms with Crippen molar-refractivity contribution in [3.8, 4) is 5.75 Å². The van der Waals surface area contributed by atoms with Gasteiger partial charge in [0.2, 0.25) is 0 Å². The predicted octanol–water partition coefficient (Wildman–Crippen LogP) is 2.77. The zero-order valence-electron chi connectivity index (χ0n) is 7.40. The van der Waals surface area contributed by atoms with Gasteiger partial charge in [0.15, 0.2) is 0 Å². The topological polar surface area (TPSA) is 46.5 Å². The van der Waals surface area contributed by atoms with Gasteiger partial charge in [-0.3, -0.25) is 0 Å². The summed E-state index contributed by atoms with van der Waals surface area (Å²) >= 11 is 0.755. The third-order valence-corrected chi connectivity index (χ3v) is 2.23. The molecule has 0 atom stereocenters. The van der Waals surface area contributed by atoms with Gasteiger partial charge in [-0.15, -0.1) is 0 Å². The van der Waals surface area contributed by atoms with Crippen LogP contribution in [0.25, 0.3) is 0 Å². The maximum absolute atomic E-state index is 10.5. The van der Waals surface area contributed by atoms with Gasteiger partial charge in [0, 0.05) is 0 Å². The van der Waals surface area contributed by atoms with Crippen molar-refractivity contribution in [2.75, 3.05) is 7.11 Å². The highest BCUT2D eigenvalue weighted by Crippen LogP contribution is 2.30. The maximum atomic E-state index is 10.5. The van der Waals surface area contributed by atoms with Gasteiger partial charge in [0.25, 0.3) is 0 Å². The van der Waals surface area contributed by atoms with Gasteiger partial charge in [-0.05, 0) is 36.4 Å². The smallest absolute Gasteiger partial charge is 0.369 e. The van der Waals surface area contributed by atoms with Crippen molar-refractivity contribution in [1.82, 2.24) is 0 Å². The van der Waals surface area contributed by atoms with E-state index < -0.39 is 5.30 Å². The van der Waals surface area contributed by atoms with Crippen molar-refractivity contribution in [2.45, 2.75) is 11.8 Å². The second kappa shape index (κ2) is 4.18. The highest BCUT2D eigenvalue weighted by Gasteiger charge is 2.07. The molecule has 70 valence electrons. The monoisotopic (exact) mass is 198 g/mol. The number of aryl methyl sites for hydroxylation is 1. The van der Waals surface area contributed by atoms with Crippen LogP contribution in [0.15, 0.2) is 23.1 Å². The summed E-state index contributed by atoms with van der Waals surface area (Å²) in [4.78, 5) is 11.1. The number of hydrogen-bond donors (Lipinski definition) is 1. The summed E-state index contributed by atoms with van der Waals surface area (Å²) in [6, 6.07) is 5.43. The summed E-state index contributed by atoms with van der Waals surface area (Å²) in [6.45, 7) is 1.91. The molecule has 0 aliphatic carbocycles. The Bertz CT molecular complexity index is 323. The minimum absolute atomic E-state index is 0.595. The SMILES string of the molecule is COc1ccc(C)cc1SC(=O)O. The van der Waals surface area contributed by atoms with Crippen LogP contribution in [0.5, 0.6) is 5.75 Å². The second-order valence-corrected chi connectivity index (χ2v) is 3.52. The van der Waals surface area contributed by atoms with Crippen LogP contribution in [-0.4, -0.2) is 17.5 Å². The van der Waals surface area contributed by atoms with Crippen LogP contribution in [0, 0.1) is 6.92 Å². The minimum atomic E-state index is -0.927. The molecule has 0 bridgehead atoms. The van der Waals surface area contributed by atoms with Crippen LogP contribution >= 0.6 is 11.8 Å². The van der Waals surface area contributed by atoms with Crippen LogP contribution in [0.3, 0.4) is 0 Å². The summed E-state index contributed by atoms with van der Waals surface area (Å²) in [5, 5.41) is 7.66. The Hall–Kier alpha value is -1.16. The van der Waals surface area contributed by atoms with E-state index >= 15 is 0 Å². The van der Waals surface area contributed by atoms with E-state index in [9.17, 15) is 4.79 Å². The summed E-state index contributed by atoms with van der Waals surface area (Å²) in [5.74, 6) is 0.595. The standard InChI is InChI=1S/C9H10O3S/c1-6-3-4-7(12-2)8(5-6)13-9(10)11/h3-5H,1-2H3,(H,10,11). The average molecular weight is 198 g/mol. The van der Waals surface area contributed by atoms with E-state index in [2.05, 4.69) is 0 Å². The van der Waals surface area contributed by atoms with Crippen LogP contribution in [0.1, 0.15) is 5.56 Å². The molecular weight excluding hydrogens is 188 g/mol. The summed E-state index contributed by atoms with van der Waals surface area (Å²) in [6.07, 6.45) is 0. The largest absolute Gasteiger partial charge is 0.496 e. The zero-order valence-corrected chi connectivity index (χ0v) is 8.22. The predicted molar refractivity (Wildman–Crippen MR) is 51.6 cm³/mol. The zero-order chi connectivity index (χ0) is 9.84. The van der Waals surface area contributed by atoms with E-state index in [1.807, 2.05) is 13.0 Å². The Kier molecular flexibility index (Phi) is 3.19. The molecule has 0 saturated carbocycles. The molecule has 1 aromatic carbocycles. The lowest BCUT2D eigenvalue weighted by atomic mass is 10.2. The first-order chi connectivity index (χ1) is 6.13. The van der Waals surface area contributed by atoms with Crippen LogP contribution in [-0.2, 0) is 0 Å². The van der Waals surface area contributed by atoms with Crippen molar-refractivity contribution in [2.24, 2.45) is 0 Å². The molecule has 0 amide bonds. The van der Waals surface area contributed by atoms with Crippen LogP contribution < -0.4 is 4.74 Å². The molecule has 1 rings (SSSR count). The van der Waals surface area contributed by atoms with Gasteiger partial charge in [0.05, 0.1) is 12.0 Å². The number of carboxylic acid groups (broad SMARTS) is 1. The van der Waals surface area contributed by atoms with Crippen molar-refractivity contribution in [3.63, 3.8) is 0 Å². The van der Waals surface area contributed by atoms with E-state index in [-0.39, 0.29) is 0 Å². The highest BCUT2D eigenvalue weighted by atomic mass is 32.2. The van der Waals surface area contributed by atoms with E-state index in [1.165, 1.54) is 7.11 Å². The molecule has 4 heteroatoms. The van der Waals surface area contributed by atoms with Gasteiger partial charge < -0.3 is 9.84 Å². The molecule has 0 saturated heterocycles. The molecule has 0 aliphatic rings. The molecular formula is C9H10O3S. The molecule has 1 aromatic rings. The Balaban J connectivity index is 3.01. The van der Waals surface area contributed by atoms with Crippen LogP contribution in [0.2, 0.25) is 0 Å². The minimum Gasteiger partial charge on any atom is -0.496 e. The fraction of sp³-hybridized carbons (Fsp3) is 0.222. The lowest BCUT2D eigenvalue weighted by Crippen LogP contribution is -1.90. The fourth-order valence-corrected chi connectivity index (χ4v) is 1.64. The lowest BCUT2D eigenvalue weighted by Gasteiger charge is -2.05. The third-order valence-electron chi connectivity index (χ3n) is 1.52. The molecule has 0 radical (unpaired) electrons. The molecule has 0 spiro atoms. The Labute approximate surface area is 80.7 Å². The third kappa shape index (κ3) is 2.66. The van der Waals surface area contributed by atoms with E-state index in [0.29, 0.717) is 10.6 Å². The first-order valence-corrected chi connectivity index (χ1v) is 4.50. The van der Waals surface area contributed by atoms with Crippen molar-refractivity contribution >= 4 is 17.1 Å². The van der Waals surface area contributed by atoms with Crippen molar-refractivity contribution in [1.29, 1.82) is 0 Å². The molecule has 0 heterocycles. The van der Waals surface area contributed by atoms with Gasteiger partial charge in [-0.2, -0.15) is 0 Å². The Morgan fingerprint density at radius 2 is 2.23 bits per heavy atom. The number of rotatable bonds is 2. The lowest BCUT2D eigenvalue weighted by molar-refractivity contribution is 0.222. The van der Waals surface area contributed by atoms with Gasteiger partial charge in [-0.25, -0.2) is 4.79 Å². The first-order valence-electron chi connectivity index (χ1n) is 3.69. The average Bonchev–Trinajstić information content (AvgIpc) is 2.03. The van der Waals surface area contributed by atoms with E-state index in [1.54, 1.807) is 12.1 Å². The van der Waals surface area contributed by atoms with E-state index in [4.69, 9.17) is 9.84 Å². The number of hydrogen-bond acceptors (Lipinski definition) is 3. The number of methoxy groups -OCH3 is 1. The molecule has 0 fully saturated rings. The van der Waals surface area contributed by atoms with Crippen molar-refractivity contribution in [3.05, 3.63) is 23.8 Å². The molecule has 3 nitrogen and oxygen atoms in total. The Morgan fingerprint density at radius 3 is 2.77 bits per heavy atom. The van der Waals surface area contributed by atoms with E-state index in [0.717, 1.165) is 17.3 Å². The molecule has 0 unspecified atom stereocenters. The number of thioether (sulfide) groups is 1. The highest BCUT2D eigenvalue weighted by molar-refractivity contribution is 8.13. The number of ether oxygens (including phenoxy) is 1. The molecule has 0 aliphatic heterocycles. The first kappa shape index (κ1) is 9.92. The summed E-state index contributed by atoms with van der Waals surface area (Å²) < 4.78 is 5.02. The second-order valence-electron chi connectivity index (χ2n) is 2.52. The quantitative estimate of drug-likeness (QED) is 0.742.